The molecule has 1 aliphatic heterocycles. The van der Waals surface area contributed by atoms with E-state index in [1.807, 2.05) is 26.2 Å². The minimum atomic E-state index is 0.564. The lowest BCUT2D eigenvalue weighted by atomic mass is 10.2. The fourth-order valence-corrected chi connectivity index (χ4v) is 2.53. The predicted molar refractivity (Wildman–Crippen MR) is 93.7 cm³/mol. The summed E-state index contributed by atoms with van der Waals surface area (Å²) in [4.78, 5) is 13.0. The van der Waals surface area contributed by atoms with E-state index in [0.717, 1.165) is 25.2 Å². The molecule has 0 saturated carbocycles. The first-order chi connectivity index (χ1) is 11.1. The van der Waals surface area contributed by atoms with Crippen molar-refractivity contribution in [3.8, 4) is 5.88 Å². The zero-order valence-electron chi connectivity index (χ0n) is 14.4. The maximum Gasteiger partial charge on any atom is 0.213 e. The van der Waals surface area contributed by atoms with Gasteiger partial charge in [-0.2, -0.15) is 0 Å². The highest BCUT2D eigenvalue weighted by atomic mass is 16.5. The van der Waals surface area contributed by atoms with Gasteiger partial charge < -0.3 is 20.3 Å². The first kappa shape index (κ1) is 17.5. The SMILES string of the molecule is CN(C)CCOc1cc(CN=C(N)N2CCCCCC2)ccn1. The van der Waals surface area contributed by atoms with Gasteiger partial charge in [0.2, 0.25) is 5.88 Å². The highest BCUT2D eigenvalue weighted by molar-refractivity contribution is 5.78. The average molecular weight is 319 g/mol. The molecule has 0 bridgehead atoms. The van der Waals surface area contributed by atoms with E-state index >= 15 is 0 Å². The van der Waals surface area contributed by atoms with Gasteiger partial charge in [0.05, 0.1) is 6.54 Å². The second kappa shape index (κ2) is 9.35. The molecule has 1 aliphatic rings. The molecular formula is C17H29N5O. The molecule has 0 unspecified atom stereocenters. The lowest BCUT2D eigenvalue weighted by molar-refractivity contribution is 0.253. The van der Waals surface area contributed by atoms with E-state index < -0.39 is 0 Å². The van der Waals surface area contributed by atoms with Crippen molar-refractivity contribution in [2.75, 3.05) is 40.3 Å². The molecule has 0 aliphatic carbocycles. The number of nitrogens with zero attached hydrogens (tertiary/aromatic N) is 4. The molecule has 6 heteroatoms. The quantitative estimate of drug-likeness (QED) is 0.639. The van der Waals surface area contributed by atoms with Crippen molar-refractivity contribution in [1.82, 2.24) is 14.8 Å². The maximum absolute atomic E-state index is 6.14. The van der Waals surface area contributed by atoms with E-state index in [0.29, 0.717) is 25.0 Å². The predicted octanol–water partition coefficient (Wildman–Crippen LogP) is 1.71. The lowest BCUT2D eigenvalue weighted by Gasteiger charge is -2.21. The summed E-state index contributed by atoms with van der Waals surface area (Å²) in [6.07, 6.45) is 6.76. The van der Waals surface area contributed by atoms with Gasteiger partial charge in [-0.1, -0.05) is 12.8 Å². The monoisotopic (exact) mass is 319 g/mol. The zero-order valence-corrected chi connectivity index (χ0v) is 14.4. The van der Waals surface area contributed by atoms with E-state index in [-0.39, 0.29) is 0 Å². The Hall–Kier alpha value is -1.82. The number of ether oxygens (including phenoxy) is 1. The number of hydrogen-bond acceptors (Lipinski definition) is 4. The topological polar surface area (TPSA) is 67.0 Å². The number of guanidine groups is 1. The molecule has 0 aromatic carbocycles. The highest BCUT2D eigenvalue weighted by Gasteiger charge is 2.10. The highest BCUT2D eigenvalue weighted by Crippen LogP contribution is 2.12. The molecule has 128 valence electrons. The normalized spacial score (nSPS) is 16.5. The summed E-state index contributed by atoms with van der Waals surface area (Å²) in [6.45, 7) is 4.10. The Bertz CT molecular complexity index is 496. The van der Waals surface area contributed by atoms with Crippen LogP contribution in [-0.4, -0.2) is 61.1 Å². The van der Waals surface area contributed by atoms with Crippen molar-refractivity contribution in [3.05, 3.63) is 23.9 Å². The van der Waals surface area contributed by atoms with Crippen LogP contribution in [0.25, 0.3) is 0 Å². The Balaban J connectivity index is 1.87. The average Bonchev–Trinajstić information content (AvgIpc) is 2.82. The van der Waals surface area contributed by atoms with Gasteiger partial charge >= 0.3 is 0 Å². The molecule has 0 radical (unpaired) electrons. The van der Waals surface area contributed by atoms with Crippen molar-refractivity contribution < 1.29 is 4.74 Å². The van der Waals surface area contributed by atoms with E-state index in [1.165, 1.54) is 25.7 Å². The molecule has 0 amide bonds. The number of likely N-dealkylation sites (N-methyl/N-ethyl adjacent to an activating group) is 1. The molecule has 2 heterocycles. The third-order valence-electron chi connectivity index (χ3n) is 3.94. The number of hydrogen-bond donors (Lipinski definition) is 1. The van der Waals surface area contributed by atoms with Crippen molar-refractivity contribution in [3.63, 3.8) is 0 Å². The Morgan fingerprint density at radius 3 is 2.74 bits per heavy atom. The van der Waals surface area contributed by atoms with Gasteiger partial charge in [-0.15, -0.1) is 0 Å². The molecule has 0 atom stereocenters. The van der Waals surface area contributed by atoms with Crippen LogP contribution in [0.3, 0.4) is 0 Å². The number of aliphatic imine (C=N–C) groups is 1. The Labute approximate surface area is 139 Å². The van der Waals surface area contributed by atoms with Gasteiger partial charge in [-0.25, -0.2) is 9.98 Å². The maximum atomic E-state index is 6.14. The summed E-state index contributed by atoms with van der Waals surface area (Å²) in [5.41, 5.74) is 7.21. The van der Waals surface area contributed by atoms with Crippen LogP contribution in [0.1, 0.15) is 31.2 Å². The second-order valence-corrected chi connectivity index (χ2v) is 6.23. The number of pyridine rings is 1. The van der Waals surface area contributed by atoms with Crippen molar-refractivity contribution in [2.45, 2.75) is 32.2 Å². The summed E-state index contributed by atoms with van der Waals surface area (Å²) >= 11 is 0. The van der Waals surface area contributed by atoms with Crippen LogP contribution in [-0.2, 0) is 6.54 Å². The fraction of sp³-hybridized carbons (Fsp3) is 0.647. The number of aromatic nitrogens is 1. The van der Waals surface area contributed by atoms with Gasteiger partial charge in [0.25, 0.3) is 0 Å². The third kappa shape index (κ3) is 6.44. The molecule has 23 heavy (non-hydrogen) atoms. The van der Waals surface area contributed by atoms with Crippen LogP contribution in [0.5, 0.6) is 5.88 Å². The molecule has 1 fully saturated rings. The molecule has 1 aromatic heterocycles. The largest absolute Gasteiger partial charge is 0.476 e. The van der Waals surface area contributed by atoms with E-state index in [4.69, 9.17) is 10.5 Å². The summed E-state index contributed by atoms with van der Waals surface area (Å²) in [6, 6.07) is 3.90. The summed E-state index contributed by atoms with van der Waals surface area (Å²) < 4.78 is 5.65. The summed E-state index contributed by atoms with van der Waals surface area (Å²) in [5, 5.41) is 0. The Kier molecular flexibility index (Phi) is 7.13. The molecule has 0 spiro atoms. The minimum absolute atomic E-state index is 0.564. The van der Waals surface area contributed by atoms with Crippen molar-refractivity contribution >= 4 is 5.96 Å². The first-order valence-electron chi connectivity index (χ1n) is 8.42. The van der Waals surface area contributed by atoms with Gasteiger partial charge in [0.15, 0.2) is 5.96 Å². The molecular weight excluding hydrogens is 290 g/mol. The van der Waals surface area contributed by atoms with Crippen LogP contribution in [0.2, 0.25) is 0 Å². The summed E-state index contributed by atoms with van der Waals surface area (Å²) in [7, 11) is 4.04. The van der Waals surface area contributed by atoms with E-state index in [2.05, 4.69) is 19.8 Å². The van der Waals surface area contributed by atoms with Gasteiger partial charge in [-0.05, 0) is 38.6 Å². The van der Waals surface area contributed by atoms with Gasteiger partial charge in [0, 0.05) is 31.9 Å². The smallest absolute Gasteiger partial charge is 0.213 e. The number of likely N-dealkylation sites (tertiary alicyclic amines) is 1. The number of nitrogens with two attached hydrogens (primary N) is 1. The standard InChI is InChI=1S/C17H29N5O/c1-21(2)11-12-23-16-13-15(7-8-19-16)14-20-17(18)22-9-5-3-4-6-10-22/h7-8,13H,3-6,9-12,14H2,1-2H3,(H2,18,20). The van der Waals surface area contributed by atoms with E-state index in [9.17, 15) is 0 Å². The minimum Gasteiger partial charge on any atom is -0.476 e. The molecule has 1 saturated heterocycles. The Morgan fingerprint density at radius 1 is 1.30 bits per heavy atom. The van der Waals surface area contributed by atoms with E-state index in [1.54, 1.807) is 6.20 Å². The van der Waals surface area contributed by atoms with Crippen LogP contribution in [0, 0.1) is 0 Å². The number of rotatable bonds is 6. The molecule has 6 nitrogen and oxygen atoms in total. The van der Waals surface area contributed by atoms with Crippen LogP contribution in [0.4, 0.5) is 0 Å². The van der Waals surface area contributed by atoms with Crippen LogP contribution >= 0.6 is 0 Å². The fourth-order valence-electron chi connectivity index (χ4n) is 2.53. The van der Waals surface area contributed by atoms with Gasteiger partial charge in [0.1, 0.15) is 6.61 Å². The van der Waals surface area contributed by atoms with Gasteiger partial charge in [-0.3, -0.25) is 0 Å². The Morgan fingerprint density at radius 2 is 2.04 bits per heavy atom. The van der Waals surface area contributed by atoms with Crippen molar-refractivity contribution in [2.24, 2.45) is 10.7 Å². The zero-order chi connectivity index (χ0) is 16.5. The van der Waals surface area contributed by atoms with Crippen LogP contribution < -0.4 is 10.5 Å². The molecule has 2 rings (SSSR count). The first-order valence-corrected chi connectivity index (χ1v) is 8.42. The van der Waals surface area contributed by atoms with Crippen LogP contribution in [0.15, 0.2) is 23.3 Å². The lowest BCUT2D eigenvalue weighted by Crippen LogP contribution is -2.38. The molecule has 2 N–H and O–H groups in total. The second-order valence-electron chi connectivity index (χ2n) is 6.23. The third-order valence-corrected chi connectivity index (χ3v) is 3.94. The molecule has 1 aromatic rings. The summed E-state index contributed by atoms with van der Waals surface area (Å²) in [5.74, 6) is 1.30. The van der Waals surface area contributed by atoms with Crippen molar-refractivity contribution in [1.29, 1.82) is 0 Å².